The Hall–Kier alpha value is -4.01. The van der Waals surface area contributed by atoms with Gasteiger partial charge >= 0.3 is 5.97 Å². The third-order valence-corrected chi connectivity index (χ3v) is 4.88. The summed E-state index contributed by atoms with van der Waals surface area (Å²) in [7, 11) is 0. The molecule has 1 aliphatic rings. The first-order chi connectivity index (χ1) is 15.2. The van der Waals surface area contributed by atoms with Gasteiger partial charge in [0.1, 0.15) is 0 Å². The van der Waals surface area contributed by atoms with Crippen LogP contribution in [-0.4, -0.2) is 45.7 Å². The minimum Gasteiger partial charge on any atom is -0.462 e. The topological polar surface area (TPSA) is 122 Å². The molecule has 158 valence electrons. The number of ether oxygens (including phenoxy) is 1. The number of carbonyl (C=O) groups excluding carboxylic acids is 2. The van der Waals surface area contributed by atoms with Gasteiger partial charge in [0, 0.05) is 34.6 Å². The number of nitrogens with one attached hydrogen (secondary N) is 3. The Morgan fingerprint density at radius 3 is 2.77 bits per heavy atom. The van der Waals surface area contributed by atoms with E-state index < -0.39 is 5.97 Å². The lowest BCUT2D eigenvalue weighted by atomic mass is 10.0. The summed E-state index contributed by atoms with van der Waals surface area (Å²) in [5, 5.41) is 19.9. The highest BCUT2D eigenvalue weighted by atomic mass is 16.5. The van der Waals surface area contributed by atoms with E-state index in [2.05, 4.69) is 31.3 Å². The maximum Gasteiger partial charge on any atom is 0.338 e. The summed E-state index contributed by atoms with van der Waals surface area (Å²) >= 11 is 0. The molecule has 0 aliphatic carbocycles. The molecule has 0 bridgehead atoms. The number of unbranched alkanes of at least 4 members (excludes halogenated alkanes) is 1. The third-order valence-electron chi connectivity index (χ3n) is 4.88. The molecule has 0 atom stereocenters. The smallest absolute Gasteiger partial charge is 0.338 e. The van der Waals surface area contributed by atoms with E-state index in [1.807, 2.05) is 30.3 Å². The summed E-state index contributed by atoms with van der Waals surface area (Å²) in [6, 6.07) is 13.0. The van der Waals surface area contributed by atoms with Gasteiger partial charge in [-0.1, -0.05) is 12.1 Å². The van der Waals surface area contributed by atoms with Crippen molar-refractivity contribution in [2.45, 2.75) is 19.8 Å². The van der Waals surface area contributed by atoms with Crippen molar-refractivity contribution in [2.24, 2.45) is 0 Å². The average molecular weight is 418 g/mol. The van der Waals surface area contributed by atoms with Gasteiger partial charge in [-0.2, -0.15) is 0 Å². The van der Waals surface area contributed by atoms with Crippen LogP contribution in [0.4, 0.5) is 11.4 Å². The second kappa shape index (κ2) is 9.21. The minimum absolute atomic E-state index is 0.151. The number of anilines is 2. The van der Waals surface area contributed by atoms with Crippen LogP contribution < -0.4 is 10.6 Å². The van der Waals surface area contributed by atoms with Gasteiger partial charge in [0.15, 0.2) is 5.82 Å². The van der Waals surface area contributed by atoms with Crippen molar-refractivity contribution in [3.63, 3.8) is 0 Å². The molecule has 31 heavy (non-hydrogen) atoms. The Kier molecular flexibility index (Phi) is 6.02. The van der Waals surface area contributed by atoms with Crippen molar-refractivity contribution in [3.05, 3.63) is 59.7 Å². The number of esters is 1. The van der Waals surface area contributed by atoms with Crippen LogP contribution in [0.25, 0.3) is 17.0 Å². The molecule has 4 rings (SSSR count). The van der Waals surface area contributed by atoms with E-state index in [9.17, 15) is 9.59 Å². The standard InChI is InChI=1S/C22H22N6O3/c1-2-31-22(30)15-8-11-17-18(21(29)24-19(17)13-15)5-3-4-12-23-16-9-6-14(7-10-16)20-25-27-28-26-20/h5-11,13,23H,2-4,12H2,1H3,(H,24,29)(H,25,26,27,28)/b18-5-. The van der Waals surface area contributed by atoms with Gasteiger partial charge in [-0.3, -0.25) is 4.79 Å². The molecule has 2 heterocycles. The van der Waals surface area contributed by atoms with Gasteiger partial charge in [-0.05, 0) is 66.6 Å². The quantitative estimate of drug-likeness (QED) is 0.291. The second-order valence-corrected chi connectivity index (χ2v) is 6.95. The zero-order valence-electron chi connectivity index (χ0n) is 17.0. The minimum atomic E-state index is -0.395. The van der Waals surface area contributed by atoms with E-state index >= 15 is 0 Å². The maximum absolute atomic E-state index is 12.3. The molecule has 0 unspecified atom stereocenters. The summed E-state index contributed by atoms with van der Waals surface area (Å²) in [5.74, 6) is 0.0812. The predicted molar refractivity (Wildman–Crippen MR) is 116 cm³/mol. The molecule has 2 aromatic carbocycles. The number of benzene rings is 2. The number of amides is 1. The third kappa shape index (κ3) is 4.61. The lowest BCUT2D eigenvalue weighted by Crippen LogP contribution is -2.06. The highest BCUT2D eigenvalue weighted by molar-refractivity contribution is 6.31. The van der Waals surface area contributed by atoms with Gasteiger partial charge in [0.25, 0.3) is 5.91 Å². The molecule has 9 nitrogen and oxygen atoms in total. The molecular weight excluding hydrogens is 396 g/mol. The molecule has 3 N–H and O–H groups in total. The van der Waals surface area contributed by atoms with Crippen LogP contribution in [0.15, 0.2) is 48.5 Å². The Bertz CT molecular complexity index is 1110. The number of hydrogen-bond acceptors (Lipinski definition) is 7. The number of rotatable bonds is 8. The van der Waals surface area contributed by atoms with Crippen molar-refractivity contribution in [2.75, 3.05) is 23.8 Å². The van der Waals surface area contributed by atoms with E-state index in [0.717, 1.165) is 36.2 Å². The summed E-state index contributed by atoms with van der Waals surface area (Å²) in [4.78, 5) is 24.2. The molecule has 0 fully saturated rings. The lowest BCUT2D eigenvalue weighted by Gasteiger charge is -2.06. The SMILES string of the molecule is CCOC(=O)c1ccc2c(c1)NC(=O)/C2=C\CCCNc1ccc(-c2nnn[nH]2)cc1. The number of tetrazole rings is 1. The zero-order chi connectivity index (χ0) is 21.6. The molecule has 0 saturated heterocycles. The second-order valence-electron chi connectivity index (χ2n) is 6.95. The van der Waals surface area contributed by atoms with E-state index in [0.29, 0.717) is 29.3 Å². The van der Waals surface area contributed by atoms with Crippen molar-refractivity contribution < 1.29 is 14.3 Å². The highest BCUT2D eigenvalue weighted by Gasteiger charge is 2.24. The fourth-order valence-corrected chi connectivity index (χ4v) is 3.35. The Morgan fingerprint density at radius 1 is 1.19 bits per heavy atom. The van der Waals surface area contributed by atoms with Crippen molar-refractivity contribution in [3.8, 4) is 11.4 Å². The normalized spacial score (nSPS) is 13.7. The summed E-state index contributed by atoms with van der Waals surface area (Å²) in [6.45, 7) is 2.84. The van der Waals surface area contributed by atoms with Crippen LogP contribution in [0.3, 0.4) is 0 Å². The molecule has 0 radical (unpaired) electrons. The number of fused-ring (bicyclic) bond motifs is 1. The van der Waals surface area contributed by atoms with Crippen LogP contribution in [0.1, 0.15) is 35.7 Å². The van der Waals surface area contributed by atoms with E-state index in [1.54, 1.807) is 25.1 Å². The van der Waals surface area contributed by atoms with Crippen molar-refractivity contribution >= 4 is 28.8 Å². The summed E-state index contributed by atoms with van der Waals surface area (Å²) in [6.07, 6.45) is 3.55. The summed E-state index contributed by atoms with van der Waals surface area (Å²) < 4.78 is 5.01. The van der Waals surface area contributed by atoms with Crippen LogP contribution in [0, 0.1) is 0 Å². The maximum atomic E-state index is 12.3. The first-order valence-corrected chi connectivity index (χ1v) is 10.1. The fourth-order valence-electron chi connectivity index (χ4n) is 3.35. The van der Waals surface area contributed by atoms with Crippen LogP contribution >= 0.6 is 0 Å². The average Bonchev–Trinajstić information content (AvgIpc) is 3.42. The van der Waals surface area contributed by atoms with E-state index in [1.165, 1.54) is 0 Å². The number of H-pyrrole nitrogens is 1. The number of hydrogen-bond donors (Lipinski definition) is 3. The van der Waals surface area contributed by atoms with Gasteiger partial charge < -0.3 is 15.4 Å². The molecule has 1 amide bonds. The Balaban J connectivity index is 1.31. The molecule has 9 heteroatoms. The first kappa shape index (κ1) is 20.3. The summed E-state index contributed by atoms with van der Waals surface area (Å²) in [5.41, 5.74) is 4.43. The lowest BCUT2D eigenvalue weighted by molar-refractivity contribution is -0.110. The Labute approximate surface area is 178 Å². The van der Waals surface area contributed by atoms with Crippen molar-refractivity contribution in [1.82, 2.24) is 20.6 Å². The molecule has 1 aliphatic heterocycles. The monoisotopic (exact) mass is 418 g/mol. The molecule has 0 spiro atoms. The van der Waals surface area contributed by atoms with Gasteiger partial charge in [-0.15, -0.1) is 5.10 Å². The predicted octanol–water partition coefficient (Wildman–Crippen LogP) is 3.27. The first-order valence-electron chi connectivity index (χ1n) is 10.1. The number of carbonyl (C=O) groups is 2. The largest absolute Gasteiger partial charge is 0.462 e. The van der Waals surface area contributed by atoms with Crippen LogP contribution in [-0.2, 0) is 9.53 Å². The highest BCUT2D eigenvalue weighted by Crippen LogP contribution is 2.33. The zero-order valence-corrected chi connectivity index (χ0v) is 17.0. The van der Waals surface area contributed by atoms with Crippen LogP contribution in [0.2, 0.25) is 0 Å². The van der Waals surface area contributed by atoms with Gasteiger partial charge in [0.05, 0.1) is 12.2 Å². The van der Waals surface area contributed by atoms with Gasteiger partial charge in [-0.25, -0.2) is 9.89 Å². The molecular formula is C22H22N6O3. The molecule has 3 aromatic rings. The molecule has 1 aromatic heterocycles. The fraction of sp³-hybridized carbons (Fsp3) is 0.227. The van der Waals surface area contributed by atoms with Crippen LogP contribution in [0.5, 0.6) is 0 Å². The number of nitrogens with zero attached hydrogens (tertiary/aromatic N) is 3. The Morgan fingerprint density at radius 2 is 2.03 bits per heavy atom. The number of aromatic amines is 1. The van der Waals surface area contributed by atoms with E-state index in [-0.39, 0.29) is 5.91 Å². The molecule has 0 saturated carbocycles. The number of allylic oxidation sites excluding steroid dienone is 1. The number of aromatic nitrogens is 4. The van der Waals surface area contributed by atoms with Crippen molar-refractivity contribution in [1.29, 1.82) is 0 Å². The van der Waals surface area contributed by atoms with E-state index in [4.69, 9.17) is 4.74 Å². The van der Waals surface area contributed by atoms with Gasteiger partial charge in [0.2, 0.25) is 0 Å².